The minimum Gasteiger partial charge on any atom is -0.361 e. The third-order valence-electron chi connectivity index (χ3n) is 4.07. The molecular formula is C18H22N2S. The van der Waals surface area contributed by atoms with E-state index in [2.05, 4.69) is 67.6 Å². The van der Waals surface area contributed by atoms with Gasteiger partial charge in [-0.05, 0) is 57.0 Å². The lowest BCUT2D eigenvalue weighted by Gasteiger charge is -2.13. The predicted molar refractivity (Wildman–Crippen MR) is 92.2 cm³/mol. The summed E-state index contributed by atoms with van der Waals surface area (Å²) in [7, 11) is 0. The molecule has 2 aromatic heterocycles. The van der Waals surface area contributed by atoms with Crippen molar-refractivity contribution >= 4 is 22.2 Å². The number of H-pyrrole nitrogens is 1. The number of benzene rings is 1. The number of thiophene rings is 1. The van der Waals surface area contributed by atoms with Crippen LogP contribution in [0.5, 0.6) is 0 Å². The summed E-state index contributed by atoms with van der Waals surface area (Å²) >= 11 is 1.89. The highest BCUT2D eigenvalue weighted by molar-refractivity contribution is 7.12. The first-order valence-corrected chi connectivity index (χ1v) is 8.32. The fourth-order valence-electron chi connectivity index (χ4n) is 2.95. The summed E-state index contributed by atoms with van der Waals surface area (Å²) in [5, 5.41) is 4.99. The van der Waals surface area contributed by atoms with Gasteiger partial charge >= 0.3 is 0 Å². The van der Waals surface area contributed by atoms with Gasteiger partial charge < -0.3 is 10.3 Å². The molecule has 0 saturated carbocycles. The number of rotatable bonds is 5. The molecule has 0 bridgehead atoms. The Morgan fingerprint density at radius 1 is 1.24 bits per heavy atom. The molecule has 1 atom stereocenters. The SMILES string of the molecule is Cc1cc(C(C)NCCc2c[nH]c3ccccc23)c(C)s1. The maximum Gasteiger partial charge on any atom is 0.0456 e. The zero-order chi connectivity index (χ0) is 14.8. The molecular weight excluding hydrogens is 276 g/mol. The molecule has 110 valence electrons. The summed E-state index contributed by atoms with van der Waals surface area (Å²) in [5.41, 5.74) is 4.06. The Kier molecular flexibility index (Phi) is 4.13. The normalized spacial score (nSPS) is 12.9. The minimum absolute atomic E-state index is 0.417. The second kappa shape index (κ2) is 6.04. The van der Waals surface area contributed by atoms with Crippen molar-refractivity contribution in [1.82, 2.24) is 10.3 Å². The third kappa shape index (κ3) is 3.04. The van der Waals surface area contributed by atoms with E-state index in [9.17, 15) is 0 Å². The van der Waals surface area contributed by atoms with Crippen molar-refractivity contribution in [3.8, 4) is 0 Å². The lowest BCUT2D eigenvalue weighted by atomic mass is 10.1. The smallest absolute Gasteiger partial charge is 0.0456 e. The van der Waals surface area contributed by atoms with Gasteiger partial charge in [0.1, 0.15) is 0 Å². The zero-order valence-corrected chi connectivity index (χ0v) is 13.7. The second-order valence-electron chi connectivity index (χ2n) is 5.65. The number of fused-ring (bicyclic) bond motifs is 1. The molecule has 2 heterocycles. The number of aromatic amines is 1. The molecule has 0 saturated heterocycles. The van der Waals surface area contributed by atoms with Crippen LogP contribution < -0.4 is 5.32 Å². The van der Waals surface area contributed by atoms with Gasteiger partial charge in [-0.2, -0.15) is 0 Å². The Morgan fingerprint density at radius 3 is 2.81 bits per heavy atom. The van der Waals surface area contributed by atoms with Crippen LogP contribution in [0, 0.1) is 13.8 Å². The lowest BCUT2D eigenvalue weighted by Crippen LogP contribution is -2.21. The van der Waals surface area contributed by atoms with Crippen molar-refractivity contribution < 1.29 is 0 Å². The molecule has 0 fully saturated rings. The van der Waals surface area contributed by atoms with E-state index in [1.165, 1.54) is 31.8 Å². The van der Waals surface area contributed by atoms with Crippen LogP contribution in [-0.4, -0.2) is 11.5 Å². The van der Waals surface area contributed by atoms with Gasteiger partial charge in [-0.1, -0.05) is 18.2 Å². The van der Waals surface area contributed by atoms with Crippen LogP contribution in [0.2, 0.25) is 0 Å². The Hall–Kier alpha value is -1.58. The van der Waals surface area contributed by atoms with E-state index in [1.807, 2.05) is 11.3 Å². The number of para-hydroxylation sites is 1. The molecule has 2 N–H and O–H groups in total. The number of hydrogen-bond acceptors (Lipinski definition) is 2. The van der Waals surface area contributed by atoms with Gasteiger partial charge in [0.05, 0.1) is 0 Å². The highest BCUT2D eigenvalue weighted by Gasteiger charge is 2.11. The number of nitrogens with one attached hydrogen (secondary N) is 2. The fraction of sp³-hybridized carbons (Fsp3) is 0.333. The van der Waals surface area contributed by atoms with Crippen LogP contribution in [0.15, 0.2) is 36.5 Å². The van der Waals surface area contributed by atoms with Crippen molar-refractivity contribution in [2.24, 2.45) is 0 Å². The van der Waals surface area contributed by atoms with E-state index in [0.29, 0.717) is 6.04 Å². The first-order valence-electron chi connectivity index (χ1n) is 7.50. The largest absolute Gasteiger partial charge is 0.361 e. The van der Waals surface area contributed by atoms with E-state index >= 15 is 0 Å². The molecule has 21 heavy (non-hydrogen) atoms. The van der Waals surface area contributed by atoms with Gasteiger partial charge in [0, 0.05) is 32.9 Å². The first-order chi connectivity index (χ1) is 10.1. The molecule has 0 aliphatic rings. The zero-order valence-electron chi connectivity index (χ0n) is 12.9. The van der Waals surface area contributed by atoms with Gasteiger partial charge in [-0.15, -0.1) is 11.3 Å². The summed E-state index contributed by atoms with van der Waals surface area (Å²) in [6.45, 7) is 7.64. The molecule has 3 aromatic rings. The number of aromatic nitrogens is 1. The maximum atomic E-state index is 3.65. The molecule has 0 spiro atoms. The van der Waals surface area contributed by atoms with E-state index in [1.54, 1.807) is 0 Å². The van der Waals surface area contributed by atoms with Gasteiger partial charge in [0.2, 0.25) is 0 Å². The van der Waals surface area contributed by atoms with Crippen LogP contribution in [-0.2, 0) is 6.42 Å². The van der Waals surface area contributed by atoms with E-state index in [-0.39, 0.29) is 0 Å². The average Bonchev–Trinajstić information content (AvgIpc) is 3.02. The van der Waals surface area contributed by atoms with Crippen molar-refractivity contribution in [3.63, 3.8) is 0 Å². The Bertz CT molecular complexity index is 739. The number of aryl methyl sites for hydroxylation is 2. The lowest BCUT2D eigenvalue weighted by molar-refractivity contribution is 0.577. The van der Waals surface area contributed by atoms with Crippen LogP contribution in [0.25, 0.3) is 10.9 Å². The maximum absolute atomic E-state index is 3.65. The van der Waals surface area contributed by atoms with Crippen molar-refractivity contribution in [3.05, 3.63) is 57.4 Å². The summed E-state index contributed by atoms with van der Waals surface area (Å²) < 4.78 is 0. The van der Waals surface area contributed by atoms with Crippen LogP contribution in [0.1, 0.15) is 33.8 Å². The standard InChI is InChI=1S/C18H22N2S/c1-12-10-17(14(3)21-12)13(2)19-9-8-15-11-20-18-7-5-4-6-16(15)18/h4-7,10-11,13,19-20H,8-9H2,1-3H3. The quantitative estimate of drug-likeness (QED) is 0.699. The van der Waals surface area contributed by atoms with Crippen LogP contribution >= 0.6 is 11.3 Å². The highest BCUT2D eigenvalue weighted by Crippen LogP contribution is 2.26. The molecule has 3 heteroatoms. The van der Waals surface area contributed by atoms with Gasteiger partial charge in [-0.3, -0.25) is 0 Å². The average molecular weight is 298 g/mol. The third-order valence-corrected chi connectivity index (χ3v) is 5.05. The second-order valence-corrected chi connectivity index (χ2v) is 7.11. The molecule has 0 amide bonds. The molecule has 2 nitrogen and oxygen atoms in total. The van der Waals surface area contributed by atoms with Gasteiger partial charge in [-0.25, -0.2) is 0 Å². The highest BCUT2D eigenvalue weighted by atomic mass is 32.1. The molecule has 0 aliphatic carbocycles. The molecule has 3 rings (SSSR count). The van der Waals surface area contributed by atoms with Gasteiger partial charge in [0.25, 0.3) is 0 Å². The van der Waals surface area contributed by atoms with Crippen LogP contribution in [0.3, 0.4) is 0 Å². The van der Waals surface area contributed by atoms with Gasteiger partial charge in [0.15, 0.2) is 0 Å². The van der Waals surface area contributed by atoms with Crippen LogP contribution in [0.4, 0.5) is 0 Å². The summed E-state index contributed by atoms with van der Waals surface area (Å²) in [6.07, 6.45) is 3.19. The van der Waals surface area contributed by atoms with E-state index in [0.717, 1.165) is 13.0 Å². The number of hydrogen-bond donors (Lipinski definition) is 2. The summed E-state index contributed by atoms with van der Waals surface area (Å²) in [5.74, 6) is 0. The molecule has 1 unspecified atom stereocenters. The molecule has 0 aliphatic heterocycles. The monoisotopic (exact) mass is 298 g/mol. The molecule has 1 aromatic carbocycles. The van der Waals surface area contributed by atoms with Crippen molar-refractivity contribution in [2.45, 2.75) is 33.2 Å². The van der Waals surface area contributed by atoms with Crippen molar-refractivity contribution in [1.29, 1.82) is 0 Å². The Morgan fingerprint density at radius 2 is 2.05 bits per heavy atom. The first kappa shape index (κ1) is 14.4. The van der Waals surface area contributed by atoms with E-state index in [4.69, 9.17) is 0 Å². The Balaban J connectivity index is 1.62. The predicted octanol–water partition coefficient (Wildman–Crippen LogP) is 4.74. The topological polar surface area (TPSA) is 27.8 Å². The summed E-state index contributed by atoms with van der Waals surface area (Å²) in [6, 6.07) is 11.2. The molecule has 0 radical (unpaired) electrons. The minimum atomic E-state index is 0.417. The fourth-order valence-corrected chi connectivity index (χ4v) is 3.97. The summed E-state index contributed by atoms with van der Waals surface area (Å²) in [4.78, 5) is 6.17. The Labute approximate surface area is 130 Å². The van der Waals surface area contributed by atoms with E-state index < -0.39 is 0 Å². The van der Waals surface area contributed by atoms with Crippen molar-refractivity contribution in [2.75, 3.05) is 6.54 Å².